The van der Waals surface area contributed by atoms with Gasteiger partial charge in [0.15, 0.2) is 0 Å². The quantitative estimate of drug-likeness (QED) is 0.782. The summed E-state index contributed by atoms with van der Waals surface area (Å²) in [6.07, 6.45) is 0.709. The molecule has 0 fully saturated rings. The Morgan fingerprint density at radius 2 is 2.11 bits per heavy atom. The number of benzene rings is 1. The molecule has 1 aromatic carbocycles. The highest BCUT2D eigenvalue weighted by atomic mass is 19.1. The van der Waals surface area contributed by atoms with Crippen molar-refractivity contribution in [2.24, 2.45) is 0 Å². The zero-order valence-corrected chi connectivity index (χ0v) is 11.1. The van der Waals surface area contributed by atoms with Gasteiger partial charge in [-0.1, -0.05) is 6.92 Å². The topological polar surface area (TPSA) is 75.4 Å². The fraction of sp³-hybridized carbons (Fsp3) is 0.385. The average molecular weight is 267 g/mol. The lowest BCUT2D eigenvalue weighted by Crippen LogP contribution is -2.40. The summed E-state index contributed by atoms with van der Waals surface area (Å²) in [5.74, 6) is -1.29. The summed E-state index contributed by atoms with van der Waals surface area (Å²) in [5, 5.41) is 2.45. The monoisotopic (exact) mass is 267 g/mol. The SMILES string of the molecule is CCCN(CC(=O)NC)C(=O)c1ccc(N)c(F)c1. The number of rotatable bonds is 5. The largest absolute Gasteiger partial charge is 0.396 e. The highest BCUT2D eigenvalue weighted by Crippen LogP contribution is 2.14. The number of anilines is 1. The maximum atomic E-state index is 13.3. The standard InChI is InChI=1S/C13H18FN3O2/c1-3-6-17(8-12(18)16-2)13(19)9-4-5-11(15)10(14)7-9/h4-5,7H,3,6,8,15H2,1-2H3,(H,16,18). The number of nitrogen functional groups attached to an aromatic ring is 1. The van der Waals surface area contributed by atoms with Crippen LogP contribution in [0.5, 0.6) is 0 Å². The van der Waals surface area contributed by atoms with Gasteiger partial charge in [-0.05, 0) is 24.6 Å². The van der Waals surface area contributed by atoms with Gasteiger partial charge in [0.1, 0.15) is 5.82 Å². The molecular formula is C13H18FN3O2. The van der Waals surface area contributed by atoms with Gasteiger partial charge in [-0.25, -0.2) is 4.39 Å². The number of carbonyl (C=O) groups excluding carboxylic acids is 2. The second-order valence-electron chi connectivity index (χ2n) is 4.14. The summed E-state index contributed by atoms with van der Waals surface area (Å²) >= 11 is 0. The fourth-order valence-electron chi connectivity index (χ4n) is 1.62. The van der Waals surface area contributed by atoms with Gasteiger partial charge in [0.2, 0.25) is 5.91 Å². The molecule has 0 radical (unpaired) electrons. The van der Waals surface area contributed by atoms with Crippen molar-refractivity contribution in [1.29, 1.82) is 0 Å². The van der Waals surface area contributed by atoms with E-state index in [0.717, 1.165) is 6.07 Å². The molecule has 5 nitrogen and oxygen atoms in total. The molecule has 0 spiro atoms. The molecule has 19 heavy (non-hydrogen) atoms. The minimum atomic E-state index is -0.637. The van der Waals surface area contributed by atoms with Crippen LogP contribution in [0.2, 0.25) is 0 Å². The number of halogens is 1. The van der Waals surface area contributed by atoms with Gasteiger partial charge in [-0.15, -0.1) is 0 Å². The maximum Gasteiger partial charge on any atom is 0.254 e. The van der Waals surface area contributed by atoms with E-state index in [9.17, 15) is 14.0 Å². The third-order valence-electron chi connectivity index (χ3n) is 2.64. The first-order valence-electron chi connectivity index (χ1n) is 6.04. The molecule has 1 aromatic rings. The number of nitrogens with two attached hydrogens (primary N) is 1. The second-order valence-corrected chi connectivity index (χ2v) is 4.14. The predicted octanol–water partition coefficient (Wildman–Crippen LogP) is 1.01. The first kappa shape index (κ1) is 14.9. The van der Waals surface area contributed by atoms with E-state index in [1.807, 2.05) is 6.92 Å². The predicted molar refractivity (Wildman–Crippen MR) is 71.1 cm³/mol. The maximum absolute atomic E-state index is 13.3. The van der Waals surface area contributed by atoms with Crippen molar-refractivity contribution in [2.75, 3.05) is 25.9 Å². The Kier molecular flexibility index (Phi) is 5.29. The summed E-state index contributed by atoms with van der Waals surface area (Å²) in [6.45, 7) is 2.28. The van der Waals surface area contributed by atoms with Crippen LogP contribution in [-0.4, -0.2) is 36.9 Å². The van der Waals surface area contributed by atoms with E-state index < -0.39 is 5.82 Å². The van der Waals surface area contributed by atoms with Crippen molar-refractivity contribution in [3.8, 4) is 0 Å². The Morgan fingerprint density at radius 3 is 2.63 bits per heavy atom. The van der Waals surface area contributed by atoms with Crippen LogP contribution in [0, 0.1) is 5.82 Å². The van der Waals surface area contributed by atoms with Gasteiger partial charge in [-0.3, -0.25) is 9.59 Å². The van der Waals surface area contributed by atoms with Crippen LogP contribution in [0.1, 0.15) is 23.7 Å². The molecule has 0 aromatic heterocycles. The number of hydrogen-bond donors (Lipinski definition) is 2. The molecule has 0 atom stereocenters. The number of hydrogen-bond acceptors (Lipinski definition) is 3. The Morgan fingerprint density at radius 1 is 1.42 bits per heavy atom. The minimum absolute atomic E-state index is 0.00936. The van der Waals surface area contributed by atoms with Crippen LogP contribution in [0.25, 0.3) is 0 Å². The number of nitrogens with zero attached hydrogens (tertiary/aromatic N) is 1. The van der Waals surface area contributed by atoms with Crippen LogP contribution in [0.4, 0.5) is 10.1 Å². The van der Waals surface area contributed by atoms with Crippen molar-refractivity contribution < 1.29 is 14.0 Å². The Bertz CT molecular complexity index is 477. The highest BCUT2D eigenvalue weighted by molar-refractivity contribution is 5.96. The van der Waals surface area contributed by atoms with Gasteiger partial charge < -0.3 is 16.0 Å². The van der Waals surface area contributed by atoms with Crippen molar-refractivity contribution >= 4 is 17.5 Å². The Balaban J connectivity index is 2.91. The number of carbonyl (C=O) groups is 2. The van der Waals surface area contributed by atoms with Gasteiger partial charge in [0, 0.05) is 19.2 Å². The van der Waals surface area contributed by atoms with Crippen LogP contribution in [0.3, 0.4) is 0 Å². The third kappa shape index (κ3) is 3.94. The molecule has 6 heteroatoms. The normalized spacial score (nSPS) is 10.1. The third-order valence-corrected chi connectivity index (χ3v) is 2.64. The summed E-state index contributed by atoms with van der Waals surface area (Å²) in [4.78, 5) is 24.9. The summed E-state index contributed by atoms with van der Waals surface area (Å²) in [5.41, 5.74) is 5.54. The van der Waals surface area contributed by atoms with Gasteiger partial charge in [0.05, 0.1) is 12.2 Å². The molecule has 0 aliphatic carbocycles. The van der Waals surface area contributed by atoms with Crippen LogP contribution >= 0.6 is 0 Å². The van der Waals surface area contributed by atoms with Gasteiger partial charge in [-0.2, -0.15) is 0 Å². The van der Waals surface area contributed by atoms with Crippen molar-refractivity contribution in [3.05, 3.63) is 29.6 Å². The molecule has 0 bridgehead atoms. The molecule has 104 valence electrons. The molecule has 0 unspecified atom stereocenters. The molecule has 2 amide bonds. The number of nitrogens with one attached hydrogen (secondary N) is 1. The number of likely N-dealkylation sites (N-methyl/N-ethyl adjacent to an activating group) is 1. The lowest BCUT2D eigenvalue weighted by molar-refractivity contribution is -0.121. The first-order valence-corrected chi connectivity index (χ1v) is 6.04. The fourth-order valence-corrected chi connectivity index (χ4v) is 1.62. The van der Waals surface area contributed by atoms with Crippen LogP contribution in [-0.2, 0) is 4.79 Å². The van der Waals surface area contributed by atoms with E-state index in [4.69, 9.17) is 5.73 Å². The molecule has 0 saturated heterocycles. The Labute approximate surface area is 111 Å². The molecule has 0 aliphatic rings. The first-order chi connectivity index (χ1) is 8.99. The lowest BCUT2D eigenvalue weighted by atomic mass is 10.1. The van der Waals surface area contributed by atoms with E-state index in [2.05, 4.69) is 5.32 Å². The average Bonchev–Trinajstić information content (AvgIpc) is 2.40. The second kappa shape index (κ2) is 6.72. The van der Waals surface area contributed by atoms with E-state index in [0.29, 0.717) is 13.0 Å². The van der Waals surface area contributed by atoms with Crippen molar-refractivity contribution in [1.82, 2.24) is 10.2 Å². The van der Waals surface area contributed by atoms with Crippen molar-refractivity contribution in [2.45, 2.75) is 13.3 Å². The van der Waals surface area contributed by atoms with E-state index >= 15 is 0 Å². The molecule has 0 heterocycles. The molecule has 3 N–H and O–H groups in total. The van der Waals surface area contributed by atoms with E-state index in [-0.39, 0.29) is 29.6 Å². The molecule has 1 rings (SSSR count). The number of amides is 2. The lowest BCUT2D eigenvalue weighted by Gasteiger charge is -2.21. The zero-order valence-electron chi connectivity index (χ0n) is 11.1. The van der Waals surface area contributed by atoms with Crippen molar-refractivity contribution in [3.63, 3.8) is 0 Å². The molecule has 0 aliphatic heterocycles. The van der Waals surface area contributed by atoms with Crippen LogP contribution < -0.4 is 11.1 Å². The smallest absolute Gasteiger partial charge is 0.254 e. The zero-order chi connectivity index (χ0) is 14.4. The summed E-state index contributed by atoms with van der Waals surface area (Å²) in [7, 11) is 1.50. The molecule has 0 saturated carbocycles. The molecular weight excluding hydrogens is 249 g/mol. The highest BCUT2D eigenvalue weighted by Gasteiger charge is 2.18. The summed E-state index contributed by atoms with van der Waals surface area (Å²) in [6, 6.07) is 3.88. The summed E-state index contributed by atoms with van der Waals surface area (Å²) < 4.78 is 13.3. The van der Waals surface area contributed by atoms with Crippen LogP contribution in [0.15, 0.2) is 18.2 Å². The Hall–Kier alpha value is -2.11. The van der Waals surface area contributed by atoms with Gasteiger partial charge >= 0.3 is 0 Å². The van der Waals surface area contributed by atoms with E-state index in [1.165, 1.54) is 24.1 Å². The minimum Gasteiger partial charge on any atom is -0.396 e. The van der Waals surface area contributed by atoms with E-state index in [1.54, 1.807) is 0 Å². The van der Waals surface area contributed by atoms with Gasteiger partial charge in [0.25, 0.3) is 5.91 Å².